The number of hydrogen-bond donors (Lipinski definition) is 0. The SMILES string of the molecule is c1ccc(-c2ccc(N(c3cccc(-c4ccccc4)c3)c3ccc4c(c3)sc3cccc(C5(c6ccccc6)c6ccccc6-c6ccccc65)c34)cc2)cc1. The van der Waals surface area contributed by atoms with Gasteiger partial charge < -0.3 is 4.90 Å². The predicted molar refractivity (Wildman–Crippen MR) is 242 cm³/mol. The molecule has 1 aliphatic rings. The Morgan fingerprint density at radius 3 is 1.53 bits per heavy atom. The summed E-state index contributed by atoms with van der Waals surface area (Å²) in [7, 11) is 0. The van der Waals surface area contributed by atoms with Crippen molar-refractivity contribution in [2.24, 2.45) is 0 Å². The first-order chi connectivity index (χ1) is 28.3. The number of rotatable bonds is 7. The molecule has 0 saturated heterocycles. The third kappa shape index (κ3) is 5.37. The minimum atomic E-state index is -0.467. The zero-order valence-electron chi connectivity index (χ0n) is 31.2. The fraction of sp³-hybridized carbons (Fsp3) is 0.0182. The molecule has 11 rings (SSSR count). The lowest BCUT2D eigenvalue weighted by atomic mass is 9.66. The zero-order valence-corrected chi connectivity index (χ0v) is 32.0. The molecule has 0 spiro atoms. The van der Waals surface area contributed by atoms with Crippen molar-refractivity contribution >= 4 is 48.6 Å². The molecular weight excluding hydrogens is 707 g/mol. The molecule has 9 aromatic carbocycles. The van der Waals surface area contributed by atoms with Crippen LogP contribution in [0.5, 0.6) is 0 Å². The summed E-state index contributed by atoms with van der Waals surface area (Å²) in [5.74, 6) is 0. The Hall–Kier alpha value is -7.00. The summed E-state index contributed by atoms with van der Waals surface area (Å²) in [6.07, 6.45) is 0. The van der Waals surface area contributed by atoms with E-state index in [0.29, 0.717) is 0 Å². The van der Waals surface area contributed by atoms with E-state index in [0.717, 1.165) is 17.1 Å². The van der Waals surface area contributed by atoms with Crippen LogP contribution in [-0.2, 0) is 5.41 Å². The van der Waals surface area contributed by atoms with Crippen molar-refractivity contribution in [3.05, 3.63) is 247 Å². The molecule has 1 aliphatic carbocycles. The molecule has 1 aromatic heterocycles. The fourth-order valence-corrected chi connectivity index (χ4v) is 10.4. The van der Waals surface area contributed by atoms with Crippen molar-refractivity contribution in [3.63, 3.8) is 0 Å². The quantitative estimate of drug-likeness (QED) is 0.157. The van der Waals surface area contributed by atoms with Crippen molar-refractivity contribution < 1.29 is 0 Å². The lowest BCUT2D eigenvalue weighted by Gasteiger charge is -2.34. The molecule has 0 N–H and O–H groups in total. The highest BCUT2D eigenvalue weighted by Crippen LogP contribution is 2.58. The van der Waals surface area contributed by atoms with E-state index in [2.05, 4.69) is 229 Å². The molecule has 0 unspecified atom stereocenters. The number of hydrogen-bond acceptors (Lipinski definition) is 2. The van der Waals surface area contributed by atoms with Crippen LogP contribution in [0.2, 0.25) is 0 Å². The van der Waals surface area contributed by atoms with E-state index in [9.17, 15) is 0 Å². The van der Waals surface area contributed by atoms with Crippen molar-refractivity contribution in [2.45, 2.75) is 5.41 Å². The molecule has 0 bridgehead atoms. The summed E-state index contributed by atoms with van der Waals surface area (Å²) >= 11 is 1.89. The molecule has 0 fully saturated rings. The van der Waals surface area contributed by atoms with Crippen LogP contribution in [0.15, 0.2) is 224 Å². The zero-order chi connectivity index (χ0) is 37.8. The maximum Gasteiger partial charge on any atom is 0.0720 e. The molecule has 268 valence electrons. The van der Waals surface area contributed by atoms with Gasteiger partial charge in [0.05, 0.1) is 5.41 Å². The molecule has 57 heavy (non-hydrogen) atoms. The second kappa shape index (κ2) is 13.6. The maximum absolute atomic E-state index is 2.40. The van der Waals surface area contributed by atoms with Gasteiger partial charge in [-0.05, 0) is 98.1 Å². The largest absolute Gasteiger partial charge is 0.310 e. The Kier molecular flexibility index (Phi) is 7.98. The van der Waals surface area contributed by atoms with E-state index in [1.54, 1.807) is 0 Å². The van der Waals surface area contributed by atoms with Crippen LogP contribution in [0.1, 0.15) is 22.3 Å². The molecule has 1 heterocycles. The number of nitrogens with zero attached hydrogens (tertiary/aromatic N) is 1. The van der Waals surface area contributed by atoms with Gasteiger partial charge in [-0.25, -0.2) is 0 Å². The summed E-state index contributed by atoms with van der Waals surface area (Å²) < 4.78 is 2.56. The molecule has 2 heteroatoms. The minimum Gasteiger partial charge on any atom is -0.310 e. The topological polar surface area (TPSA) is 3.24 Å². The van der Waals surface area contributed by atoms with Crippen molar-refractivity contribution in [3.8, 4) is 33.4 Å². The highest BCUT2D eigenvalue weighted by atomic mass is 32.1. The standard InChI is InChI=1S/C55H37NS/c1-4-16-38(17-5-1)40-30-32-43(33-31-40)56(44-23-14-20-41(36-44)39-18-6-2-7-19-39)45-34-35-48-53(37-45)57-52-29-15-28-51(54(48)52)55(42-21-8-3-9-22-42)49-26-12-10-24-46(49)47-25-11-13-27-50(47)55/h1-37H. The van der Waals surface area contributed by atoms with Crippen molar-refractivity contribution in [1.82, 2.24) is 0 Å². The van der Waals surface area contributed by atoms with Crippen LogP contribution in [0.25, 0.3) is 53.6 Å². The van der Waals surface area contributed by atoms with E-state index >= 15 is 0 Å². The molecule has 0 aliphatic heterocycles. The monoisotopic (exact) mass is 743 g/mol. The molecular formula is C55H37NS. The second-order valence-corrected chi connectivity index (χ2v) is 15.9. The third-order valence-corrected chi connectivity index (χ3v) is 12.9. The van der Waals surface area contributed by atoms with Crippen LogP contribution in [0.3, 0.4) is 0 Å². The number of thiophene rings is 1. The van der Waals surface area contributed by atoms with Gasteiger partial charge in [-0.2, -0.15) is 0 Å². The Balaban J connectivity index is 1.12. The van der Waals surface area contributed by atoms with Gasteiger partial charge in [0.25, 0.3) is 0 Å². The number of fused-ring (bicyclic) bond motifs is 6. The molecule has 0 amide bonds. The highest BCUT2D eigenvalue weighted by molar-refractivity contribution is 7.25. The number of anilines is 3. The molecule has 0 saturated carbocycles. The first kappa shape index (κ1) is 33.3. The smallest absolute Gasteiger partial charge is 0.0720 e. The lowest BCUT2D eigenvalue weighted by Crippen LogP contribution is -2.28. The summed E-state index contributed by atoms with van der Waals surface area (Å²) in [6.45, 7) is 0. The molecule has 0 atom stereocenters. The Morgan fingerprint density at radius 1 is 0.333 bits per heavy atom. The fourth-order valence-electron chi connectivity index (χ4n) is 9.28. The van der Waals surface area contributed by atoms with Gasteiger partial charge >= 0.3 is 0 Å². The van der Waals surface area contributed by atoms with Crippen LogP contribution in [0, 0.1) is 0 Å². The third-order valence-electron chi connectivity index (χ3n) is 11.7. The highest BCUT2D eigenvalue weighted by Gasteiger charge is 2.47. The summed E-state index contributed by atoms with van der Waals surface area (Å²) in [5.41, 5.74) is 15.6. The van der Waals surface area contributed by atoms with Gasteiger partial charge in [0, 0.05) is 37.2 Å². The van der Waals surface area contributed by atoms with Crippen LogP contribution in [0.4, 0.5) is 17.1 Å². The van der Waals surface area contributed by atoms with E-state index in [-0.39, 0.29) is 0 Å². The van der Waals surface area contributed by atoms with Crippen molar-refractivity contribution in [1.29, 1.82) is 0 Å². The van der Waals surface area contributed by atoms with Gasteiger partial charge in [-0.15, -0.1) is 11.3 Å². The van der Waals surface area contributed by atoms with E-state index < -0.39 is 5.41 Å². The average molecular weight is 744 g/mol. The van der Waals surface area contributed by atoms with Crippen molar-refractivity contribution in [2.75, 3.05) is 4.90 Å². The summed E-state index contributed by atoms with van der Waals surface area (Å²) in [4.78, 5) is 2.40. The Morgan fingerprint density at radius 2 is 0.842 bits per heavy atom. The summed E-state index contributed by atoms with van der Waals surface area (Å²) in [6, 6.07) is 82.4. The van der Waals surface area contributed by atoms with Crippen LogP contribution in [-0.4, -0.2) is 0 Å². The lowest BCUT2D eigenvalue weighted by molar-refractivity contribution is 0.777. The van der Waals surface area contributed by atoms with Gasteiger partial charge in [0.1, 0.15) is 0 Å². The van der Waals surface area contributed by atoms with Gasteiger partial charge in [-0.1, -0.05) is 182 Å². The van der Waals surface area contributed by atoms with Gasteiger partial charge in [-0.3, -0.25) is 0 Å². The Bertz CT molecular complexity index is 3010. The van der Waals surface area contributed by atoms with Crippen LogP contribution < -0.4 is 4.90 Å². The van der Waals surface area contributed by atoms with E-state index in [4.69, 9.17) is 0 Å². The Labute approximate surface area is 337 Å². The predicted octanol–water partition coefficient (Wildman–Crippen LogP) is 15.2. The van der Waals surface area contributed by atoms with Gasteiger partial charge in [0.15, 0.2) is 0 Å². The number of benzene rings is 9. The summed E-state index contributed by atoms with van der Waals surface area (Å²) in [5, 5.41) is 2.60. The van der Waals surface area contributed by atoms with E-state index in [1.807, 2.05) is 11.3 Å². The maximum atomic E-state index is 2.40. The molecule has 1 nitrogen and oxygen atoms in total. The van der Waals surface area contributed by atoms with Gasteiger partial charge in [0.2, 0.25) is 0 Å². The average Bonchev–Trinajstić information content (AvgIpc) is 3.81. The second-order valence-electron chi connectivity index (χ2n) is 14.8. The van der Waals surface area contributed by atoms with Crippen LogP contribution >= 0.6 is 11.3 Å². The normalized spacial score (nSPS) is 12.7. The molecule has 10 aromatic rings. The first-order valence-electron chi connectivity index (χ1n) is 19.6. The molecule has 0 radical (unpaired) electrons. The first-order valence-corrected chi connectivity index (χ1v) is 20.4. The minimum absolute atomic E-state index is 0.467. The van der Waals surface area contributed by atoms with E-state index in [1.165, 1.54) is 75.8 Å².